The molecule has 50 heavy (non-hydrogen) atoms. The molecule has 0 N–H and O–H groups in total. The van der Waals surface area contributed by atoms with Crippen LogP contribution in [0.2, 0.25) is 0 Å². The summed E-state index contributed by atoms with van der Waals surface area (Å²) in [5.74, 6) is 0. The molecule has 0 amide bonds. The first-order valence-electron chi connectivity index (χ1n) is 17.1. The fourth-order valence-corrected chi connectivity index (χ4v) is 8.92. The van der Waals surface area contributed by atoms with E-state index in [1.807, 2.05) is 11.3 Å². The summed E-state index contributed by atoms with van der Waals surface area (Å²) in [5, 5.41) is 10.1. The standard InChI is InChI=1S/C48H31NS/c1-2-12-32(13-3-1)34-24-27-37(28-25-34)49(38-29-26-33-14-4-5-16-36(33)30-38)45-22-11-23-46-47(45)44-31-43(41-19-8-9-20-42(41)48(44)50-46)40-21-10-17-35-15-6-7-18-39(35)40/h1-31H. The summed E-state index contributed by atoms with van der Waals surface area (Å²) >= 11 is 1.90. The maximum atomic E-state index is 2.46. The van der Waals surface area contributed by atoms with E-state index in [2.05, 4.69) is 193 Å². The van der Waals surface area contributed by atoms with Crippen molar-refractivity contribution in [2.75, 3.05) is 4.90 Å². The van der Waals surface area contributed by atoms with E-state index < -0.39 is 0 Å². The van der Waals surface area contributed by atoms with Crippen LogP contribution in [0.1, 0.15) is 0 Å². The first kappa shape index (κ1) is 28.8. The van der Waals surface area contributed by atoms with E-state index in [0.29, 0.717) is 0 Å². The molecule has 1 heterocycles. The molecule has 0 saturated carbocycles. The molecule has 1 nitrogen and oxygen atoms in total. The normalized spacial score (nSPS) is 11.6. The van der Waals surface area contributed by atoms with E-state index in [1.54, 1.807) is 0 Å². The van der Waals surface area contributed by atoms with Crippen LogP contribution < -0.4 is 4.90 Å². The molecule has 9 aromatic carbocycles. The van der Waals surface area contributed by atoms with Gasteiger partial charge in [-0.05, 0) is 91.6 Å². The molecule has 0 spiro atoms. The number of benzene rings is 9. The van der Waals surface area contributed by atoms with Crippen LogP contribution in [0, 0.1) is 0 Å². The van der Waals surface area contributed by atoms with Gasteiger partial charge in [-0.3, -0.25) is 0 Å². The van der Waals surface area contributed by atoms with Crippen LogP contribution >= 0.6 is 11.3 Å². The van der Waals surface area contributed by atoms with Crippen LogP contribution in [0.15, 0.2) is 188 Å². The maximum absolute atomic E-state index is 2.46. The largest absolute Gasteiger partial charge is 0.310 e. The molecule has 0 aliphatic heterocycles. The third-order valence-corrected chi connectivity index (χ3v) is 11.2. The van der Waals surface area contributed by atoms with Gasteiger partial charge in [0.05, 0.1) is 5.69 Å². The van der Waals surface area contributed by atoms with Gasteiger partial charge in [0.15, 0.2) is 0 Å². The second-order valence-corrected chi connectivity index (χ2v) is 14.0. The van der Waals surface area contributed by atoms with E-state index in [-0.39, 0.29) is 0 Å². The van der Waals surface area contributed by atoms with Crippen molar-refractivity contribution >= 4 is 80.9 Å². The molecular formula is C48H31NS. The summed E-state index contributed by atoms with van der Waals surface area (Å²) in [6.45, 7) is 0. The van der Waals surface area contributed by atoms with Gasteiger partial charge in [-0.2, -0.15) is 0 Å². The molecule has 0 aliphatic rings. The Kier molecular flexibility index (Phi) is 6.75. The SMILES string of the molecule is c1ccc(-c2ccc(N(c3ccc4ccccc4c3)c3cccc4sc5c6ccccc6c(-c6cccc7ccccc67)cc5c34)cc2)cc1. The van der Waals surface area contributed by atoms with E-state index in [9.17, 15) is 0 Å². The first-order valence-corrected chi connectivity index (χ1v) is 17.9. The summed E-state index contributed by atoms with van der Waals surface area (Å²) < 4.78 is 2.61. The van der Waals surface area contributed by atoms with Gasteiger partial charge in [0, 0.05) is 36.9 Å². The number of rotatable bonds is 5. The van der Waals surface area contributed by atoms with Crippen LogP contribution in [-0.2, 0) is 0 Å². The van der Waals surface area contributed by atoms with Gasteiger partial charge in [0.25, 0.3) is 0 Å². The molecule has 0 fully saturated rings. The molecule has 0 bridgehead atoms. The first-order chi connectivity index (χ1) is 24.8. The minimum absolute atomic E-state index is 1.13. The summed E-state index contributed by atoms with van der Waals surface area (Å²) in [5.41, 5.74) is 8.40. The van der Waals surface area contributed by atoms with Crippen molar-refractivity contribution in [2.24, 2.45) is 0 Å². The minimum Gasteiger partial charge on any atom is -0.310 e. The summed E-state index contributed by atoms with van der Waals surface area (Å²) in [6, 6.07) is 68.7. The second kappa shape index (κ2) is 11.7. The molecular weight excluding hydrogens is 623 g/mol. The fraction of sp³-hybridized carbons (Fsp3) is 0. The lowest BCUT2D eigenvalue weighted by molar-refractivity contribution is 1.31. The molecule has 0 radical (unpaired) electrons. The van der Waals surface area contributed by atoms with Crippen LogP contribution in [0.4, 0.5) is 17.1 Å². The Labute approximate surface area is 294 Å². The number of anilines is 3. The third kappa shape index (κ3) is 4.69. The van der Waals surface area contributed by atoms with Gasteiger partial charge in [0.1, 0.15) is 0 Å². The van der Waals surface area contributed by atoms with Gasteiger partial charge < -0.3 is 4.90 Å². The van der Waals surface area contributed by atoms with Gasteiger partial charge in [0.2, 0.25) is 0 Å². The van der Waals surface area contributed by atoms with Crippen LogP contribution in [0.5, 0.6) is 0 Å². The molecule has 1 aromatic heterocycles. The fourth-order valence-electron chi connectivity index (χ4n) is 7.68. The van der Waals surface area contributed by atoms with E-state index in [4.69, 9.17) is 0 Å². The van der Waals surface area contributed by atoms with Crippen molar-refractivity contribution in [1.82, 2.24) is 0 Å². The smallest absolute Gasteiger partial charge is 0.0554 e. The third-order valence-electron chi connectivity index (χ3n) is 10.0. The number of hydrogen-bond acceptors (Lipinski definition) is 2. The molecule has 2 heteroatoms. The predicted octanol–water partition coefficient (Wildman–Crippen LogP) is 14.3. The van der Waals surface area contributed by atoms with Crippen molar-refractivity contribution in [3.8, 4) is 22.3 Å². The van der Waals surface area contributed by atoms with Crippen molar-refractivity contribution in [1.29, 1.82) is 0 Å². The van der Waals surface area contributed by atoms with Gasteiger partial charge in [-0.25, -0.2) is 0 Å². The molecule has 10 aromatic rings. The second-order valence-electron chi connectivity index (χ2n) is 12.9. The highest BCUT2D eigenvalue weighted by Gasteiger charge is 2.21. The van der Waals surface area contributed by atoms with Crippen molar-refractivity contribution in [3.63, 3.8) is 0 Å². The average Bonchev–Trinajstić information content (AvgIpc) is 3.58. The number of nitrogens with zero attached hydrogens (tertiary/aromatic N) is 1. The monoisotopic (exact) mass is 653 g/mol. The number of hydrogen-bond donors (Lipinski definition) is 0. The quantitative estimate of drug-likeness (QED) is 0.179. The Balaban J connectivity index is 1.26. The molecule has 0 unspecified atom stereocenters. The lowest BCUT2D eigenvalue weighted by atomic mass is 9.92. The van der Waals surface area contributed by atoms with Crippen LogP contribution in [0.25, 0.3) is 74.7 Å². The topological polar surface area (TPSA) is 3.24 Å². The Morgan fingerprint density at radius 2 is 1.00 bits per heavy atom. The molecule has 234 valence electrons. The lowest BCUT2D eigenvalue weighted by Crippen LogP contribution is -2.10. The highest BCUT2D eigenvalue weighted by Crippen LogP contribution is 2.49. The predicted molar refractivity (Wildman–Crippen MR) is 217 cm³/mol. The Hall–Kier alpha value is -6.22. The zero-order valence-corrected chi connectivity index (χ0v) is 28.1. The van der Waals surface area contributed by atoms with Crippen LogP contribution in [0.3, 0.4) is 0 Å². The summed E-state index contributed by atoms with van der Waals surface area (Å²) in [4.78, 5) is 2.45. The van der Waals surface area contributed by atoms with Gasteiger partial charge >= 0.3 is 0 Å². The minimum atomic E-state index is 1.13. The number of fused-ring (bicyclic) bond motifs is 7. The molecule has 0 atom stereocenters. The van der Waals surface area contributed by atoms with Crippen molar-refractivity contribution in [2.45, 2.75) is 0 Å². The summed E-state index contributed by atoms with van der Waals surface area (Å²) in [6.07, 6.45) is 0. The van der Waals surface area contributed by atoms with Crippen LogP contribution in [-0.4, -0.2) is 0 Å². The van der Waals surface area contributed by atoms with Gasteiger partial charge in [-0.1, -0.05) is 146 Å². The number of thiophene rings is 1. The Morgan fingerprint density at radius 3 is 1.84 bits per heavy atom. The van der Waals surface area contributed by atoms with Crippen molar-refractivity contribution < 1.29 is 0 Å². The molecule has 10 rings (SSSR count). The van der Waals surface area contributed by atoms with Crippen molar-refractivity contribution in [3.05, 3.63) is 188 Å². The van der Waals surface area contributed by atoms with Gasteiger partial charge in [-0.15, -0.1) is 11.3 Å². The maximum Gasteiger partial charge on any atom is 0.0554 e. The Morgan fingerprint density at radius 1 is 0.360 bits per heavy atom. The zero-order valence-electron chi connectivity index (χ0n) is 27.3. The summed E-state index contributed by atoms with van der Waals surface area (Å²) in [7, 11) is 0. The van der Waals surface area contributed by atoms with E-state index >= 15 is 0 Å². The molecule has 0 saturated heterocycles. The highest BCUT2D eigenvalue weighted by molar-refractivity contribution is 7.26. The van der Waals surface area contributed by atoms with E-state index in [0.717, 1.165) is 11.4 Å². The Bertz CT molecular complexity index is 2860. The zero-order chi connectivity index (χ0) is 33.0. The highest BCUT2D eigenvalue weighted by atomic mass is 32.1. The molecule has 0 aliphatic carbocycles. The average molecular weight is 654 g/mol. The van der Waals surface area contributed by atoms with E-state index in [1.165, 1.54) is 80.4 Å². The lowest BCUT2D eigenvalue weighted by Gasteiger charge is -2.27.